The van der Waals surface area contributed by atoms with E-state index in [-0.39, 0.29) is 12.4 Å². The highest BCUT2D eigenvalue weighted by atomic mass is 79.9. The van der Waals surface area contributed by atoms with Crippen LogP contribution in [0.3, 0.4) is 0 Å². The molecule has 0 unspecified atom stereocenters. The van der Waals surface area contributed by atoms with E-state index in [4.69, 9.17) is 5.73 Å². The second kappa shape index (κ2) is 4.75. The molecule has 3 heteroatoms. The van der Waals surface area contributed by atoms with E-state index < -0.39 is 0 Å². The lowest BCUT2D eigenvalue weighted by atomic mass is 10.1. The Hall–Kier alpha value is -0.0500. The molecule has 0 atom stereocenters. The molecule has 0 aliphatic carbocycles. The van der Waals surface area contributed by atoms with Crippen LogP contribution in [0.5, 0.6) is 0 Å². The first-order chi connectivity index (χ1) is 4.72. The largest absolute Gasteiger partial charge is 0.326 e. The van der Waals surface area contributed by atoms with Crippen molar-refractivity contribution >= 4 is 28.3 Å². The van der Waals surface area contributed by atoms with Gasteiger partial charge in [0.2, 0.25) is 0 Å². The predicted octanol–water partition coefficient (Wildman–Crippen LogP) is 2.64. The summed E-state index contributed by atoms with van der Waals surface area (Å²) < 4.78 is 1.10. The topological polar surface area (TPSA) is 26.0 Å². The molecule has 62 valence electrons. The fourth-order valence-electron chi connectivity index (χ4n) is 0.930. The van der Waals surface area contributed by atoms with Gasteiger partial charge in [0.25, 0.3) is 0 Å². The summed E-state index contributed by atoms with van der Waals surface area (Å²) in [5, 5.41) is 0. The highest BCUT2D eigenvalue weighted by Gasteiger charge is 1.92. The third kappa shape index (κ3) is 3.23. The molecule has 1 nitrogen and oxygen atoms in total. The summed E-state index contributed by atoms with van der Waals surface area (Å²) >= 11 is 3.40. The van der Waals surface area contributed by atoms with Crippen molar-refractivity contribution < 1.29 is 0 Å². The molecule has 0 aromatic heterocycles. The van der Waals surface area contributed by atoms with Crippen LogP contribution in [0, 0.1) is 6.92 Å². The van der Waals surface area contributed by atoms with Crippen molar-refractivity contribution in [3.05, 3.63) is 33.8 Å². The number of benzene rings is 1. The standard InChI is InChI=1S/C8H10BrN.ClH/c1-6-2-7(5-10)4-8(9)3-6;/h2-4H,5,10H2,1H3;1H. The van der Waals surface area contributed by atoms with Gasteiger partial charge in [-0.15, -0.1) is 12.4 Å². The Balaban J connectivity index is 0.000001000. The minimum atomic E-state index is 0. The maximum absolute atomic E-state index is 5.47. The average molecular weight is 237 g/mol. The van der Waals surface area contributed by atoms with Crippen LogP contribution in [-0.2, 0) is 6.54 Å². The number of aryl methyl sites for hydroxylation is 1. The molecule has 0 heterocycles. The van der Waals surface area contributed by atoms with Crippen LogP contribution in [0.4, 0.5) is 0 Å². The van der Waals surface area contributed by atoms with Crippen molar-refractivity contribution in [3.8, 4) is 0 Å². The lowest BCUT2D eigenvalue weighted by Gasteiger charge is -1.99. The average Bonchev–Trinajstić information content (AvgIpc) is 1.85. The van der Waals surface area contributed by atoms with Crippen molar-refractivity contribution in [3.63, 3.8) is 0 Å². The fourth-order valence-corrected chi connectivity index (χ4v) is 1.59. The Morgan fingerprint density at radius 3 is 2.45 bits per heavy atom. The Morgan fingerprint density at radius 2 is 2.00 bits per heavy atom. The zero-order chi connectivity index (χ0) is 7.56. The number of halogens is 2. The molecule has 1 aromatic carbocycles. The Morgan fingerprint density at radius 1 is 1.36 bits per heavy atom. The molecule has 0 saturated heterocycles. The van der Waals surface area contributed by atoms with Gasteiger partial charge in [0.1, 0.15) is 0 Å². The molecule has 1 rings (SSSR count). The van der Waals surface area contributed by atoms with Crippen LogP contribution in [-0.4, -0.2) is 0 Å². The molecular formula is C8H11BrClN. The van der Waals surface area contributed by atoms with Gasteiger partial charge in [-0.3, -0.25) is 0 Å². The fraction of sp³-hybridized carbons (Fsp3) is 0.250. The van der Waals surface area contributed by atoms with Crippen molar-refractivity contribution in [2.24, 2.45) is 5.73 Å². The van der Waals surface area contributed by atoms with Crippen LogP contribution < -0.4 is 5.73 Å². The van der Waals surface area contributed by atoms with Gasteiger partial charge in [0.15, 0.2) is 0 Å². The van der Waals surface area contributed by atoms with E-state index in [0.29, 0.717) is 6.54 Å². The van der Waals surface area contributed by atoms with Crippen molar-refractivity contribution in [1.29, 1.82) is 0 Å². The van der Waals surface area contributed by atoms with Gasteiger partial charge in [0, 0.05) is 11.0 Å². The Bertz CT molecular complexity index is 217. The zero-order valence-corrected chi connectivity index (χ0v) is 8.71. The second-order valence-electron chi connectivity index (χ2n) is 2.34. The maximum atomic E-state index is 5.47. The molecular weight excluding hydrogens is 225 g/mol. The van der Waals surface area contributed by atoms with Crippen LogP contribution in [0.2, 0.25) is 0 Å². The smallest absolute Gasteiger partial charge is 0.0181 e. The summed E-state index contributed by atoms with van der Waals surface area (Å²) in [4.78, 5) is 0. The quantitative estimate of drug-likeness (QED) is 0.797. The minimum absolute atomic E-state index is 0. The van der Waals surface area contributed by atoms with Crippen molar-refractivity contribution in [2.75, 3.05) is 0 Å². The van der Waals surface area contributed by atoms with E-state index in [2.05, 4.69) is 35.0 Å². The van der Waals surface area contributed by atoms with E-state index >= 15 is 0 Å². The second-order valence-corrected chi connectivity index (χ2v) is 3.26. The molecule has 2 N–H and O–H groups in total. The van der Waals surface area contributed by atoms with Crippen LogP contribution in [0.1, 0.15) is 11.1 Å². The first kappa shape index (κ1) is 11.0. The summed E-state index contributed by atoms with van der Waals surface area (Å²) in [6.07, 6.45) is 0. The minimum Gasteiger partial charge on any atom is -0.326 e. The zero-order valence-electron chi connectivity index (χ0n) is 6.30. The Kier molecular flexibility index (Phi) is 4.73. The number of rotatable bonds is 1. The molecule has 0 saturated carbocycles. The number of nitrogens with two attached hydrogens (primary N) is 1. The number of hydrogen-bond donors (Lipinski definition) is 1. The summed E-state index contributed by atoms with van der Waals surface area (Å²) in [5.74, 6) is 0. The summed E-state index contributed by atoms with van der Waals surface area (Å²) in [7, 11) is 0. The molecule has 0 aliphatic heterocycles. The maximum Gasteiger partial charge on any atom is 0.0181 e. The molecule has 0 fully saturated rings. The van der Waals surface area contributed by atoms with Crippen LogP contribution in [0.15, 0.2) is 22.7 Å². The van der Waals surface area contributed by atoms with Gasteiger partial charge in [-0.2, -0.15) is 0 Å². The SMILES string of the molecule is Cc1cc(Br)cc(CN)c1.Cl. The van der Waals surface area contributed by atoms with Crippen molar-refractivity contribution in [1.82, 2.24) is 0 Å². The third-order valence-electron chi connectivity index (χ3n) is 1.34. The monoisotopic (exact) mass is 235 g/mol. The Labute approximate surface area is 81.5 Å². The van der Waals surface area contributed by atoms with Gasteiger partial charge in [-0.1, -0.05) is 22.0 Å². The van der Waals surface area contributed by atoms with Gasteiger partial charge in [-0.05, 0) is 30.2 Å². The van der Waals surface area contributed by atoms with Crippen LogP contribution in [0.25, 0.3) is 0 Å². The van der Waals surface area contributed by atoms with E-state index in [1.54, 1.807) is 0 Å². The van der Waals surface area contributed by atoms with Crippen LogP contribution >= 0.6 is 28.3 Å². The van der Waals surface area contributed by atoms with Gasteiger partial charge in [0.05, 0.1) is 0 Å². The molecule has 0 bridgehead atoms. The highest BCUT2D eigenvalue weighted by molar-refractivity contribution is 9.10. The molecule has 1 aromatic rings. The van der Waals surface area contributed by atoms with Gasteiger partial charge >= 0.3 is 0 Å². The molecule has 0 radical (unpaired) electrons. The van der Waals surface area contributed by atoms with Gasteiger partial charge < -0.3 is 5.73 Å². The number of hydrogen-bond acceptors (Lipinski definition) is 1. The molecule has 0 spiro atoms. The van der Waals surface area contributed by atoms with E-state index in [0.717, 1.165) is 4.47 Å². The molecule has 11 heavy (non-hydrogen) atoms. The lowest BCUT2D eigenvalue weighted by Crippen LogP contribution is -1.96. The van der Waals surface area contributed by atoms with Gasteiger partial charge in [-0.25, -0.2) is 0 Å². The van der Waals surface area contributed by atoms with E-state index in [9.17, 15) is 0 Å². The predicted molar refractivity (Wildman–Crippen MR) is 54.0 cm³/mol. The molecule has 0 amide bonds. The normalized spacial score (nSPS) is 9.00. The van der Waals surface area contributed by atoms with E-state index in [1.807, 2.05) is 6.07 Å². The third-order valence-corrected chi connectivity index (χ3v) is 1.80. The lowest BCUT2D eigenvalue weighted by molar-refractivity contribution is 1.06. The summed E-state index contributed by atoms with van der Waals surface area (Å²) in [6, 6.07) is 6.19. The highest BCUT2D eigenvalue weighted by Crippen LogP contribution is 2.14. The first-order valence-electron chi connectivity index (χ1n) is 3.18. The molecule has 0 aliphatic rings. The summed E-state index contributed by atoms with van der Waals surface area (Å²) in [5.41, 5.74) is 7.88. The van der Waals surface area contributed by atoms with E-state index in [1.165, 1.54) is 11.1 Å². The van der Waals surface area contributed by atoms with Crippen molar-refractivity contribution in [2.45, 2.75) is 13.5 Å². The summed E-state index contributed by atoms with van der Waals surface area (Å²) in [6.45, 7) is 2.67. The first-order valence-corrected chi connectivity index (χ1v) is 3.98.